The van der Waals surface area contributed by atoms with Crippen LogP contribution in [0.25, 0.3) is 0 Å². The molecule has 6 heteroatoms. The smallest absolute Gasteiger partial charge is 0.193 e. The number of aliphatic imine (C=N–C) groups is 1. The van der Waals surface area contributed by atoms with Gasteiger partial charge in [0.1, 0.15) is 0 Å². The summed E-state index contributed by atoms with van der Waals surface area (Å²) in [6, 6.07) is 15.7. The maximum Gasteiger partial charge on any atom is 0.193 e. The van der Waals surface area contributed by atoms with Crippen LogP contribution in [0.2, 0.25) is 0 Å². The number of nitrogens with one attached hydrogen (secondary N) is 1. The number of halogens is 1. The van der Waals surface area contributed by atoms with Gasteiger partial charge in [-0.15, -0.1) is 24.0 Å². The van der Waals surface area contributed by atoms with Crippen LogP contribution in [0.5, 0.6) is 11.5 Å². The maximum absolute atomic E-state index is 5.99. The zero-order valence-corrected chi connectivity index (χ0v) is 17.4. The summed E-state index contributed by atoms with van der Waals surface area (Å²) in [6.45, 7) is 4.79. The monoisotopic (exact) mass is 455 g/mol. The molecule has 2 rings (SSSR count). The maximum atomic E-state index is 5.99. The van der Waals surface area contributed by atoms with Crippen molar-refractivity contribution in [3.05, 3.63) is 54.1 Å². The second-order valence-electron chi connectivity index (χ2n) is 6.15. The van der Waals surface area contributed by atoms with E-state index >= 15 is 0 Å². The molecular formula is C19H26IN3O2. The number of benzene rings is 2. The van der Waals surface area contributed by atoms with Crippen LogP contribution >= 0.6 is 24.0 Å². The van der Waals surface area contributed by atoms with E-state index in [1.165, 1.54) is 0 Å². The van der Waals surface area contributed by atoms with E-state index in [4.69, 9.17) is 15.2 Å². The molecule has 0 aliphatic rings. The highest BCUT2D eigenvalue weighted by Crippen LogP contribution is 2.33. The van der Waals surface area contributed by atoms with Crippen LogP contribution in [0.15, 0.2) is 53.5 Å². The Balaban J connectivity index is 0.00000312. The average Bonchev–Trinajstić information content (AvgIpc) is 2.60. The molecule has 136 valence electrons. The number of nitrogens with two attached hydrogens (primary N) is 1. The van der Waals surface area contributed by atoms with E-state index in [9.17, 15) is 0 Å². The summed E-state index contributed by atoms with van der Waals surface area (Å²) in [6.07, 6.45) is 0. The van der Waals surface area contributed by atoms with E-state index in [-0.39, 0.29) is 29.4 Å². The molecular weight excluding hydrogens is 429 g/mol. The van der Waals surface area contributed by atoms with Crippen molar-refractivity contribution in [1.82, 2.24) is 0 Å². The number of methoxy groups -OCH3 is 2. The van der Waals surface area contributed by atoms with Crippen molar-refractivity contribution < 1.29 is 9.47 Å². The average molecular weight is 455 g/mol. The Bertz CT molecular complexity index is 703. The van der Waals surface area contributed by atoms with Gasteiger partial charge >= 0.3 is 0 Å². The lowest BCUT2D eigenvalue weighted by Crippen LogP contribution is -2.27. The van der Waals surface area contributed by atoms with Crippen LogP contribution in [0, 0.1) is 0 Å². The van der Waals surface area contributed by atoms with Crippen molar-refractivity contribution >= 4 is 35.6 Å². The molecule has 0 amide bonds. The highest BCUT2D eigenvalue weighted by Gasteiger charge is 2.22. The van der Waals surface area contributed by atoms with Crippen molar-refractivity contribution in [3.8, 4) is 11.5 Å². The minimum absolute atomic E-state index is 0. The summed E-state index contributed by atoms with van der Waals surface area (Å²) >= 11 is 0. The molecule has 2 aromatic rings. The molecule has 0 heterocycles. The van der Waals surface area contributed by atoms with E-state index in [0.29, 0.717) is 24.0 Å². The third-order valence-electron chi connectivity index (χ3n) is 3.86. The largest absolute Gasteiger partial charge is 0.493 e. The summed E-state index contributed by atoms with van der Waals surface area (Å²) < 4.78 is 10.7. The Hall–Kier alpha value is -1.96. The first-order chi connectivity index (χ1) is 11.5. The molecule has 25 heavy (non-hydrogen) atoms. The third kappa shape index (κ3) is 5.81. The molecule has 0 spiro atoms. The van der Waals surface area contributed by atoms with Crippen molar-refractivity contribution in [1.29, 1.82) is 0 Å². The zero-order valence-electron chi connectivity index (χ0n) is 15.1. The lowest BCUT2D eigenvalue weighted by molar-refractivity contribution is 0.353. The third-order valence-corrected chi connectivity index (χ3v) is 3.86. The first kappa shape index (κ1) is 21.1. The minimum Gasteiger partial charge on any atom is -0.493 e. The molecule has 0 atom stereocenters. The number of rotatable bonds is 6. The van der Waals surface area contributed by atoms with Gasteiger partial charge in [0, 0.05) is 11.1 Å². The molecule has 0 bridgehead atoms. The normalized spacial score (nSPS) is 11.4. The van der Waals surface area contributed by atoms with Crippen LogP contribution in [-0.4, -0.2) is 26.7 Å². The molecule has 0 aliphatic heterocycles. The second kappa shape index (κ2) is 9.50. The number of hydrogen-bond donors (Lipinski definition) is 2. The Morgan fingerprint density at radius 3 is 2.28 bits per heavy atom. The van der Waals surface area contributed by atoms with Crippen LogP contribution in [0.4, 0.5) is 5.69 Å². The summed E-state index contributed by atoms with van der Waals surface area (Å²) in [5.74, 6) is 1.82. The van der Waals surface area contributed by atoms with Gasteiger partial charge in [0.2, 0.25) is 0 Å². The van der Waals surface area contributed by atoms with Crippen molar-refractivity contribution in [2.24, 2.45) is 10.7 Å². The van der Waals surface area contributed by atoms with Crippen molar-refractivity contribution in [2.45, 2.75) is 19.3 Å². The molecule has 0 saturated carbocycles. The number of anilines is 1. The molecule has 0 radical (unpaired) electrons. The Morgan fingerprint density at radius 1 is 1.04 bits per heavy atom. The molecule has 5 nitrogen and oxygen atoms in total. The molecule has 0 saturated heterocycles. The van der Waals surface area contributed by atoms with Crippen LogP contribution in [0.1, 0.15) is 19.4 Å². The fourth-order valence-corrected chi connectivity index (χ4v) is 2.34. The Kier molecular flexibility index (Phi) is 8.02. The van der Waals surface area contributed by atoms with Gasteiger partial charge in [-0.2, -0.15) is 0 Å². The fraction of sp³-hybridized carbons (Fsp3) is 0.316. The van der Waals surface area contributed by atoms with E-state index in [2.05, 4.69) is 24.2 Å². The highest BCUT2D eigenvalue weighted by atomic mass is 127. The SMILES string of the molecule is COc1ccc(C(C)(C)CN=C(N)Nc2ccccc2)cc1OC.I. The summed E-state index contributed by atoms with van der Waals surface area (Å²) in [7, 11) is 3.26. The molecule has 0 fully saturated rings. The van der Waals surface area contributed by atoms with Gasteiger partial charge in [-0.25, -0.2) is 0 Å². The number of para-hydroxylation sites is 1. The topological polar surface area (TPSA) is 68.9 Å². The van der Waals surface area contributed by atoms with Gasteiger partial charge in [-0.05, 0) is 29.8 Å². The first-order valence-electron chi connectivity index (χ1n) is 7.81. The van der Waals surface area contributed by atoms with Crippen molar-refractivity contribution in [3.63, 3.8) is 0 Å². The van der Waals surface area contributed by atoms with E-state index in [1.807, 2.05) is 48.5 Å². The van der Waals surface area contributed by atoms with Gasteiger partial charge in [0.25, 0.3) is 0 Å². The Morgan fingerprint density at radius 2 is 1.68 bits per heavy atom. The first-order valence-corrected chi connectivity index (χ1v) is 7.81. The van der Waals surface area contributed by atoms with Gasteiger partial charge < -0.3 is 20.5 Å². The van der Waals surface area contributed by atoms with Crippen LogP contribution < -0.4 is 20.5 Å². The van der Waals surface area contributed by atoms with Crippen molar-refractivity contribution in [2.75, 3.05) is 26.1 Å². The number of nitrogens with zero attached hydrogens (tertiary/aromatic N) is 1. The predicted molar refractivity (Wildman–Crippen MR) is 115 cm³/mol. The number of ether oxygens (including phenoxy) is 2. The van der Waals surface area contributed by atoms with Gasteiger partial charge in [0.15, 0.2) is 17.5 Å². The molecule has 0 aromatic heterocycles. The summed E-state index contributed by atoms with van der Waals surface area (Å²) in [4.78, 5) is 4.48. The molecule has 0 aliphatic carbocycles. The summed E-state index contributed by atoms with van der Waals surface area (Å²) in [5, 5.41) is 3.09. The van der Waals surface area contributed by atoms with Gasteiger partial charge in [-0.3, -0.25) is 4.99 Å². The zero-order chi connectivity index (χ0) is 17.6. The second-order valence-corrected chi connectivity index (χ2v) is 6.15. The molecule has 2 aromatic carbocycles. The highest BCUT2D eigenvalue weighted by molar-refractivity contribution is 14.0. The fourth-order valence-electron chi connectivity index (χ4n) is 2.34. The van der Waals surface area contributed by atoms with Crippen LogP contribution in [-0.2, 0) is 5.41 Å². The van der Waals surface area contributed by atoms with Crippen LogP contribution in [0.3, 0.4) is 0 Å². The van der Waals surface area contributed by atoms with E-state index in [1.54, 1.807) is 14.2 Å². The molecule has 0 unspecified atom stereocenters. The predicted octanol–water partition coefficient (Wildman–Crippen LogP) is 4.03. The lowest BCUT2D eigenvalue weighted by atomic mass is 9.84. The Labute approximate surface area is 166 Å². The minimum atomic E-state index is -0.192. The molecule has 3 N–H and O–H groups in total. The standard InChI is InChI=1S/C19H25N3O2.HI/c1-19(2,14-10-11-16(23-3)17(12-14)24-4)13-21-18(20)22-15-8-6-5-7-9-15;/h5-12H,13H2,1-4H3,(H3,20,21,22);1H. The lowest BCUT2D eigenvalue weighted by Gasteiger charge is -2.24. The van der Waals surface area contributed by atoms with Gasteiger partial charge in [-0.1, -0.05) is 38.1 Å². The number of guanidine groups is 1. The quantitative estimate of drug-likeness (QED) is 0.392. The van der Waals surface area contributed by atoms with Gasteiger partial charge in [0.05, 0.1) is 20.8 Å². The summed E-state index contributed by atoms with van der Waals surface area (Å²) in [5.41, 5.74) is 7.82. The van der Waals surface area contributed by atoms with E-state index < -0.39 is 0 Å². The number of hydrogen-bond acceptors (Lipinski definition) is 3. The van der Waals surface area contributed by atoms with E-state index in [0.717, 1.165) is 11.3 Å².